The van der Waals surface area contributed by atoms with E-state index in [0.717, 1.165) is 28.6 Å². The van der Waals surface area contributed by atoms with Crippen molar-refractivity contribution in [3.8, 4) is 0 Å². The van der Waals surface area contributed by atoms with E-state index in [0.29, 0.717) is 6.42 Å². The standard InChI is InChI=1S/C8H8BrNO/c9-8-5-2-1-3-7(11)6(5)4-10-8/h4,10H,1-3H2. The van der Waals surface area contributed by atoms with Crippen LogP contribution in [0.2, 0.25) is 0 Å². The lowest BCUT2D eigenvalue weighted by Crippen LogP contribution is -2.07. The van der Waals surface area contributed by atoms with E-state index < -0.39 is 0 Å². The van der Waals surface area contributed by atoms with Crippen LogP contribution in [0.3, 0.4) is 0 Å². The fourth-order valence-corrected chi connectivity index (χ4v) is 2.01. The third-order valence-electron chi connectivity index (χ3n) is 2.06. The van der Waals surface area contributed by atoms with Crippen LogP contribution in [-0.4, -0.2) is 10.8 Å². The molecule has 2 rings (SSSR count). The molecule has 58 valence electrons. The van der Waals surface area contributed by atoms with Crippen LogP contribution in [0.1, 0.15) is 28.8 Å². The highest BCUT2D eigenvalue weighted by atomic mass is 79.9. The van der Waals surface area contributed by atoms with Gasteiger partial charge in [0.25, 0.3) is 0 Å². The van der Waals surface area contributed by atoms with Gasteiger partial charge in [-0.2, -0.15) is 0 Å². The van der Waals surface area contributed by atoms with Crippen LogP contribution in [-0.2, 0) is 6.42 Å². The van der Waals surface area contributed by atoms with Crippen LogP contribution >= 0.6 is 15.9 Å². The van der Waals surface area contributed by atoms with Crippen LogP contribution in [0, 0.1) is 0 Å². The van der Waals surface area contributed by atoms with Crippen LogP contribution in [0.25, 0.3) is 0 Å². The van der Waals surface area contributed by atoms with Crippen molar-refractivity contribution >= 4 is 21.7 Å². The van der Waals surface area contributed by atoms with E-state index in [2.05, 4.69) is 20.9 Å². The van der Waals surface area contributed by atoms with E-state index in [1.165, 1.54) is 0 Å². The van der Waals surface area contributed by atoms with Crippen LogP contribution < -0.4 is 0 Å². The van der Waals surface area contributed by atoms with Crippen LogP contribution in [0.15, 0.2) is 10.8 Å². The number of H-pyrrole nitrogens is 1. The Morgan fingerprint density at radius 1 is 1.45 bits per heavy atom. The summed E-state index contributed by atoms with van der Waals surface area (Å²) in [6.07, 6.45) is 4.51. The molecular formula is C8H8BrNO. The summed E-state index contributed by atoms with van der Waals surface area (Å²) in [7, 11) is 0. The van der Waals surface area contributed by atoms with E-state index in [1.54, 1.807) is 6.20 Å². The molecule has 0 aromatic carbocycles. The zero-order valence-electron chi connectivity index (χ0n) is 5.98. The summed E-state index contributed by atoms with van der Waals surface area (Å²) < 4.78 is 0.973. The van der Waals surface area contributed by atoms with Crippen molar-refractivity contribution in [3.63, 3.8) is 0 Å². The minimum absolute atomic E-state index is 0.271. The third kappa shape index (κ3) is 1.03. The van der Waals surface area contributed by atoms with Gasteiger partial charge in [0.15, 0.2) is 5.78 Å². The SMILES string of the molecule is O=C1CCCc2c1c[nH]c2Br. The Hall–Kier alpha value is -0.570. The van der Waals surface area contributed by atoms with Crippen LogP contribution in [0.5, 0.6) is 0 Å². The molecule has 0 unspecified atom stereocenters. The van der Waals surface area contributed by atoms with Crippen molar-refractivity contribution in [2.24, 2.45) is 0 Å². The largest absolute Gasteiger partial charge is 0.355 e. The lowest BCUT2D eigenvalue weighted by atomic mass is 9.95. The maximum atomic E-state index is 11.3. The number of halogens is 1. The first-order chi connectivity index (χ1) is 5.29. The molecule has 1 heterocycles. The number of ketones is 1. The molecular weight excluding hydrogens is 206 g/mol. The van der Waals surface area contributed by atoms with E-state index in [4.69, 9.17) is 0 Å². The van der Waals surface area contributed by atoms with Gasteiger partial charge in [-0.05, 0) is 34.3 Å². The monoisotopic (exact) mass is 213 g/mol. The predicted octanol–water partition coefficient (Wildman–Crippen LogP) is 2.30. The Morgan fingerprint density at radius 2 is 2.27 bits per heavy atom. The molecule has 11 heavy (non-hydrogen) atoms. The highest BCUT2D eigenvalue weighted by molar-refractivity contribution is 9.10. The molecule has 0 saturated heterocycles. The van der Waals surface area contributed by atoms with Gasteiger partial charge in [0.05, 0.1) is 4.60 Å². The van der Waals surface area contributed by atoms with Crippen LogP contribution in [0.4, 0.5) is 0 Å². The topological polar surface area (TPSA) is 32.9 Å². The van der Waals surface area contributed by atoms with Crippen molar-refractivity contribution in [3.05, 3.63) is 21.9 Å². The summed E-state index contributed by atoms with van der Waals surface area (Å²) in [4.78, 5) is 14.3. The van der Waals surface area contributed by atoms with Crippen molar-refractivity contribution in [1.29, 1.82) is 0 Å². The Kier molecular flexibility index (Phi) is 1.60. The van der Waals surface area contributed by atoms with Gasteiger partial charge in [-0.15, -0.1) is 0 Å². The van der Waals surface area contributed by atoms with Gasteiger partial charge in [-0.3, -0.25) is 4.79 Å². The van der Waals surface area contributed by atoms with Gasteiger partial charge in [0.2, 0.25) is 0 Å². The zero-order valence-corrected chi connectivity index (χ0v) is 7.57. The van der Waals surface area contributed by atoms with E-state index >= 15 is 0 Å². The number of aromatic amines is 1. The van der Waals surface area contributed by atoms with E-state index in [-0.39, 0.29) is 5.78 Å². The van der Waals surface area contributed by atoms with E-state index in [9.17, 15) is 4.79 Å². The lowest BCUT2D eigenvalue weighted by molar-refractivity contribution is 0.0973. The molecule has 0 fully saturated rings. The molecule has 1 aromatic rings. The molecule has 0 spiro atoms. The Bertz CT molecular complexity index is 303. The summed E-state index contributed by atoms with van der Waals surface area (Å²) in [6, 6.07) is 0. The average molecular weight is 214 g/mol. The summed E-state index contributed by atoms with van der Waals surface area (Å²) in [5, 5.41) is 0. The molecule has 0 amide bonds. The number of aromatic nitrogens is 1. The Morgan fingerprint density at radius 3 is 3.00 bits per heavy atom. The number of Topliss-reactive ketones (excluding diaryl/α,β-unsaturated/α-hetero) is 1. The average Bonchev–Trinajstić information content (AvgIpc) is 2.35. The number of rotatable bonds is 0. The van der Waals surface area contributed by atoms with Gasteiger partial charge in [0.1, 0.15) is 0 Å². The van der Waals surface area contributed by atoms with Crippen molar-refractivity contribution in [2.75, 3.05) is 0 Å². The van der Waals surface area contributed by atoms with Gasteiger partial charge in [0, 0.05) is 18.2 Å². The molecule has 1 aliphatic carbocycles. The molecule has 1 aliphatic rings. The smallest absolute Gasteiger partial charge is 0.164 e. The van der Waals surface area contributed by atoms with Gasteiger partial charge >= 0.3 is 0 Å². The fourth-order valence-electron chi connectivity index (χ4n) is 1.48. The second kappa shape index (κ2) is 2.48. The molecule has 0 radical (unpaired) electrons. The molecule has 0 aliphatic heterocycles. The highest BCUT2D eigenvalue weighted by Gasteiger charge is 2.19. The second-order valence-corrected chi connectivity index (χ2v) is 3.56. The maximum Gasteiger partial charge on any atom is 0.164 e. The van der Waals surface area contributed by atoms with Crippen molar-refractivity contribution in [1.82, 2.24) is 4.98 Å². The summed E-state index contributed by atoms with van der Waals surface area (Å²) in [5.41, 5.74) is 2.03. The second-order valence-electron chi connectivity index (χ2n) is 2.77. The molecule has 1 N–H and O–H groups in total. The Balaban J connectivity index is 2.55. The Labute approximate surface area is 73.1 Å². The minimum atomic E-state index is 0.271. The first kappa shape index (κ1) is 7.10. The van der Waals surface area contributed by atoms with Gasteiger partial charge < -0.3 is 4.98 Å². The normalized spacial score (nSPS) is 16.6. The first-order valence-electron chi connectivity index (χ1n) is 3.68. The number of hydrogen-bond acceptors (Lipinski definition) is 1. The molecule has 0 atom stereocenters. The zero-order chi connectivity index (χ0) is 7.84. The number of carbonyl (C=O) groups excluding carboxylic acids is 1. The highest BCUT2D eigenvalue weighted by Crippen LogP contribution is 2.27. The van der Waals surface area contributed by atoms with Crippen molar-refractivity contribution < 1.29 is 4.79 Å². The lowest BCUT2D eigenvalue weighted by Gasteiger charge is -2.08. The van der Waals surface area contributed by atoms with Gasteiger partial charge in [-0.1, -0.05) is 0 Å². The minimum Gasteiger partial charge on any atom is -0.355 e. The van der Waals surface area contributed by atoms with E-state index in [1.807, 2.05) is 0 Å². The quantitative estimate of drug-likeness (QED) is 0.706. The third-order valence-corrected chi connectivity index (χ3v) is 2.77. The fraction of sp³-hybridized carbons (Fsp3) is 0.375. The summed E-state index contributed by atoms with van der Waals surface area (Å²) in [5.74, 6) is 0.271. The number of fused-ring (bicyclic) bond motifs is 1. The number of hydrogen-bond donors (Lipinski definition) is 1. The molecule has 0 bridgehead atoms. The number of carbonyl (C=O) groups is 1. The first-order valence-corrected chi connectivity index (χ1v) is 4.47. The van der Waals surface area contributed by atoms with Crippen molar-refractivity contribution in [2.45, 2.75) is 19.3 Å². The van der Waals surface area contributed by atoms with Gasteiger partial charge in [-0.25, -0.2) is 0 Å². The number of nitrogens with one attached hydrogen (secondary N) is 1. The summed E-state index contributed by atoms with van der Waals surface area (Å²) >= 11 is 3.37. The molecule has 2 nitrogen and oxygen atoms in total. The predicted molar refractivity (Wildman–Crippen MR) is 45.8 cm³/mol. The molecule has 3 heteroatoms. The molecule has 1 aromatic heterocycles. The summed E-state index contributed by atoms with van der Waals surface area (Å²) in [6.45, 7) is 0. The molecule has 0 saturated carbocycles. The maximum absolute atomic E-state index is 11.3.